The first-order valence-electron chi connectivity index (χ1n) is 7.67. The molecule has 1 heterocycles. The minimum absolute atomic E-state index is 0.00845. The Morgan fingerprint density at radius 1 is 1.42 bits per heavy atom. The van der Waals surface area contributed by atoms with Crippen LogP contribution in [0.25, 0.3) is 0 Å². The molecule has 3 atom stereocenters. The third kappa shape index (κ3) is 6.39. The van der Waals surface area contributed by atoms with Crippen molar-refractivity contribution >= 4 is 5.91 Å². The average molecular weight is 270 g/mol. The maximum atomic E-state index is 11.7. The number of amides is 1. The van der Waals surface area contributed by atoms with E-state index in [4.69, 9.17) is 4.74 Å². The van der Waals surface area contributed by atoms with Crippen molar-refractivity contribution in [3.8, 4) is 0 Å². The predicted octanol–water partition coefficient (Wildman–Crippen LogP) is 2.08. The van der Waals surface area contributed by atoms with Gasteiger partial charge in [0.15, 0.2) is 0 Å². The van der Waals surface area contributed by atoms with Crippen molar-refractivity contribution in [2.45, 2.75) is 71.6 Å². The van der Waals surface area contributed by atoms with Gasteiger partial charge >= 0.3 is 0 Å². The molecule has 0 saturated carbocycles. The van der Waals surface area contributed by atoms with E-state index < -0.39 is 0 Å². The smallest absolute Gasteiger partial charge is 0.246 e. The van der Waals surface area contributed by atoms with Crippen molar-refractivity contribution in [3.05, 3.63) is 0 Å². The summed E-state index contributed by atoms with van der Waals surface area (Å²) in [6, 6.07) is 0.942. The molecule has 0 spiro atoms. The Morgan fingerprint density at radius 2 is 2.16 bits per heavy atom. The van der Waals surface area contributed by atoms with E-state index in [9.17, 15) is 4.79 Å². The molecule has 1 aliphatic rings. The summed E-state index contributed by atoms with van der Waals surface area (Å²) >= 11 is 0. The fourth-order valence-corrected chi connectivity index (χ4v) is 2.49. The summed E-state index contributed by atoms with van der Waals surface area (Å²) < 4.78 is 5.78. The molecule has 0 aromatic heterocycles. The summed E-state index contributed by atoms with van der Waals surface area (Å²) in [5.41, 5.74) is 0. The van der Waals surface area contributed by atoms with E-state index in [2.05, 4.69) is 38.3 Å². The number of carbonyl (C=O) groups is 1. The molecule has 1 saturated heterocycles. The maximum Gasteiger partial charge on any atom is 0.246 e. The Hall–Kier alpha value is -0.610. The highest BCUT2D eigenvalue weighted by molar-refractivity contribution is 5.77. The standard InChI is InChI=1S/C15H30N2O2/c1-5-13-14(7-6-12(4)17-13)19-10-15(18)16-9-8-11(2)3/h11-14,17H,5-10H2,1-4H3,(H,16,18). The highest BCUT2D eigenvalue weighted by Gasteiger charge is 2.27. The summed E-state index contributed by atoms with van der Waals surface area (Å²) in [4.78, 5) is 11.7. The normalized spacial score (nSPS) is 27.5. The molecule has 19 heavy (non-hydrogen) atoms. The van der Waals surface area contributed by atoms with Gasteiger partial charge in [-0.05, 0) is 38.5 Å². The van der Waals surface area contributed by atoms with Crippen molar-refractivity contribution in [2.75, 3.05) is 13.2 Å². The molecule has 112 valence electrons. The van der Waals surface area contributed by atoms with E-state index in [1.165, 1.54) is 0 Å². The second-order valence-corrected chi connectivity index (χ2v) is 6.04. The van der Waals surface area contributed by atoms with Crippen molar-refractivity contribution in [2.24, 2.45) is 5.92 Å². The van der Waals surface area contributed by atoms with E-state index in [1.807, 2.05) is 0 Å². The summed E-state index contributed by atoms with van der Waals surface area (Å²) in [5, 5.41) is 6.45. The number of carbonyl (C=O) groups excluding carboxylic acids is 1. The van der Waals surface area contributed by atoms with Gasteiger partial charge in [-0.2, -0.15) is 0 Å². The van der Waals surface area contributed by atoms with Gasteiger partial charge in [0, 0.05) is 18.6 Å². The number of piperidine rings is 1. The average Bonchev–Trinajstić information content (AvgIpc) is 2.36. The topological polar surface area (TPSA) is 50.4 Å². The fourth-order valence-electron chi connectivity index (χ4n) is 2.49. The van der Waals surface area contributed by atoms with E-state index in [1.54, 1.807) is 0 Å². The molecule has 1 fully saturated rings. The van der Waals surface area contributed by atoms with Gasteiger partial charge in [0.2, 0.25) is 5.91 Å². The lowest BCUT2D eigenvalue weighted by Gasteiger charge is -2.35. The Morgan fingerprint density at radius 3 is 2.79 bits per heavy atom. The Kier molecular flexibility index (Phi) is 7.39. The van der Waals surface area contributed by atoms with Gasteiger partial charge in [-0.1, -0.05) is 20.8 Å². The van der Waals surface area contributed by atoms with Crippen LogP contribution in [0.5, 0.6) is 0 Å². The molecule has 2 N–H and O–H groups in total. The lowest BCUT2D eigenvalue weighted by molar-refractivity contribution is -0.129. The summed E-state index contributed by atoms with van der Waals surface area (Å²) in [7, 11) is 0. The zero-order valence-electron chi connectivity index (χ0n) is 12.9. The number of nitrogens with one attached hydrogen (secondary N) is 2. The monoisotopic (exact) mass is 270 g/mol. The van der Waals surface area contributed by atoms with Crippen LogP contribution in [-0.2, 0) is 9.53 Å². The highest BCUT2D eigenvalue weighted by Crippen LogP contribution is 2.18. The third-order valence-corrected chi connectivity index (χ3v) is 3.74. The lowest BCUT2D eigenvalue weighted by atomic mass is 9.95. The summed E-state index contributed by atoms with van der Waals surface area (Å²) in [6.45, 7) is 9.62. The van der Waals surface area contributed by atoms with Crippen LogP contribution in [0.4, 0.5) is 0 Å². The van der Waals surface area contributed by atoms with Crippen LogP contribution in [0.15, 0.2) is 0 Å². The largest absolute Gasteiger partial charge is 0.367 e. The van der Waals surface area contributed by atoms with E-state index >= 15 is 0 Å². The van der Waals surface area contributed by atoms with Gasteiger partial charge in [-0.15, -0.1) is 0 Å². The van der Waals surface area contributed by atoms with Crippen LogP contribution in [-0.4, -0.2) is 37.2 Å². The van der Waals surface area contributed by atoms with Gasteiger partial charge in [0.05, 0.1) is 6.10 Å². The zero-order valence-corrected chi connectivity index (χ0v) is 12.9. The van der Waals surface area contributed by atoms with Crippen LogP contribution in [0.1, 0.15) is 53.4 Å². The summed E-state index contributed by atoms with van der Waals surface area (Å²) in [6.07, 6.45) is 4.41. The number of hydrogen-bond acceptors (Lipinski definition) is 3. The van der Waals surface area contributed by atoms with Gasteiger partial charge in [-0.25, -0.2) is 0 Å². The quantitative estimate of drug-likeness (QED) is 0.745. The first-order chi connectivity index (χ1) is 9.02. The lowest BCUT2D eigenvalue weighted by Crippen LogP contribution is -2.50. The van der Waals surface area contributed by atoms with Gasteiger partial charge in [0.1, 0.15) is 6.61 Å². The molecule has 1 amide bonds. The molecule has 0 radical (unpaired) electrons. The number of ether oxygens (including phenoxy) is 1. The maximum absolute atomic E-state index is 11.7. The van der Waals surface area contributed by atoms with Crippen LogP contribution in [0, 0.1) is 5.92 Å². The Labute approximate surface area is 117 Å². The fraction of sp³-hybridized carbons (Fsp3) is 0.933. The van der Waals surface area contributed by atoms with Gasteiger partial charge in [0.25, 0.3) is 0 Å². The molecule has 0 bridgehead atoms. The summed E-state index contributed by atoms with van der Waals surface area (Å²) in [5.74, 6) is 0.629. The zero-order chi connectivity index (χ0) is 14.3. The number of rotatable bonds is 7. The molecular weight excluding hydrogens is 240 g/mol. The minimum Gasteiger partial charge on any atom is -0.367 e. The second kappa shape index (κ2) is 8.54. The molecule has 1 rings (SSSR count). The molecule has 1 aliphatic heterocycles. The molecule has 4 heteroatoms. The molecule has 4 nitrogen and oxygen atoms in total. The van der Waals surface area contributed by atoms with E-state index in [0.29, 0.717) is 18.0 Å². The third-order valence-electron chi connectivity index (χ3n) is 3.74. The number of hydrogen-bond donors (Lipinski definition) is 2. The van der Waals surface area contributed by atoms with Gasteiger partial charge < -0.3 is 15.4 Å². The highest BCUT2D eigenvalue weighted by atomic mass is 16.5. The predicted molar refractivity (Wildman–Crippen MR) is 78.1 cm³/mol. The van der Waals surface area contributed by atoms with E-state index in [-0.39, 0.29) is 18.6 Å². The first kappa shape index (κ1) is 16.4. The molecule has 3 unspecified atom stereocenters. The van der Waals surface area contributed by atoms with E-state index in [0.717, 1.165) is 32.2 Å². The van der Waals surface area contributed by atoms with Crippen LogP contribution in [0.2, 0.25) is 0 Å². The van der Waals surface area contributed by atoms with Crippen molar-refractivity contribution in [3.63, 3.8) is 0 Å². The molecule has 0 aromatic rings. The SMILES string of the molecule is CCC1NC(C)CCC1OCC(=O)NCCC(C)C. The van der Waals surface area contributed by atoms with Crippen molar-refractivity contribution in [1.29, 1.82) is 0 Å². The molecule has 0 aromatic carbocycles. The van der Waals surface area contributed by atoms with Gasteiger partial charge in [-0.3, -0.25) is 4.79 Å². The van der Waals surface area contributed by atoms with Crippen LogP contribution >= 0.6 is 0 Å². The minimum atomic E-state index is 0.00845. The first-order valence-corrected chi connectivity index (χ1v) is 7.67. The van der Waals surface area contributed by atoms with Crippen LogP contribution < -0.4 is 10.6 Å². The Bertz CT molecular complexity index is 269. The molecular formula is C15H30N2O2. The second-order valence-electron chi connectivity index (χ2n) is 6.04. The van der Waals surface area contributed by atoms with Crippen LogP contribution in [0.3, 0.4) is 0 Å². The molecule has 0 aliphatic carbocycles. The Balaban J connectivity index is 2.21. The van der Waals surface area contributed by atoms with Crippen molar-refractivity contribution in [1.82, 2.24) is 10.6 Å². The van der Waals surface area contributed by atoms with Crippen molar-refractivity contribution < 1.29 is 9.53 Å².